The average Bonchev–Trinajstić information content (AvgIpc) is 3.43. The minimum atomic E-state index is 0.315. The van der Waals surface area contributed by atoms with E-state index in [4.69, 9.17) is 10.6 Å². The lowest BCUT2D eigenvalue weighted by Crippen LogP contribution is -2.75. The summed E-state index contributed by atoms with van der Waals surface area (Å²) in [6.45, 7) is 5.25. The van der Waals surface area contributed by atoms with Gasteiger partial charge in [0.15, 0.2) is 18.5 Å². The first kappa shape index (κ1) is 16.7. The largest absolute Gasteiger partial charge is 0.378 e. The number of benzene rings is 1. The van der Waals surface area contributed by atoms with Gasteiger partial charge in [-0.05, 0) is 37.5 Å². The van der Waals surface area contributed by atoms with Gasteiger partial charge in [0.05, 0.1) is 19.3 Å². The molecule has 1 aliphatic heterocycles. The fraction of sp³-hybridized carbons (Fsp3) is 0.474. The molecule has 0 aromatic heterocycles. The van der Waals surface area contributed by atoms with Gasteiger partial charge in [-0.15, -0.1) is 0 Å². The van der Waals surface area contributed by atoms with Crippen molar-refractivity contribution in [2.24, 2.45) is 16.9 Å². The van der Waals surface area contributed by atoms with Crippen molar-refractivity contribution >= 4 is 11.9 Å². The number of nitrogens with one attached hydrogen (secondary N) is 2. The Morgan fingerprint density at radius 1 is 1.50 bits per heavy atom. The minimum Gasteiger partial charge on any atom is -0.378 e. The zero-order valence-electron chi connectivity index (χ0n) is 14.1. The molecule has 4 N–H and O–H groups in total. The fourth-order valence-electron chi connectivity index (χ4n) is 2.68. The monoisotopic (exact) mass is 325 g/mol. The molecule has 0 amide bonds. The number of aryl methyl sites for hydroxylation is 1. The molecule has 5 heteroatoms. The smallest absolute Gasteiger partial charge is 0.190 e. The summed E-state index contributed by atoms with van der Waals surface area (Å²) < 4.78 is 5.44. The van der Waals surface area contributed by atoms with Crippen LogP contribution in [-0.2, 0) is 4.74 Å². The van der Waals surface area contributed by atoms with Gasteiger partial charge >= 0.3 is 0 Å². The molecule has 2 fully saturated rings. The molecule has 2 aliphatic rings. The van der Waals surface area contributed by atoms with Crippen molar-refractivity contribution in [3.05, 3.63) is 34.9 Å². The van der Waals surface area contributed by atoms with Crippen LogP contribution in [-0.4, -0.2) is 44.3 Å². The highest BCUT2D eigenvalue weighted by Crippen LogP contribution is 2.27. The molecule has 3 rings (SSSR count). The Morgan fingerprint density at radius 2 is 2.38 bits per heavy atom. The van der Waals surface area contributed by atoms with E-state index in [0.29, 0.717) is 12.0 Å². The Hall–Kier alpha value is -2.16. The lowest BCUT2D eigenvalue weighted by molar-refractivity contribution is -0.455. The molecule has 0 bridgehead atoms. The first-order chi connectivity index (χ1) is 11.8. The van der Waals surface area contributed by atoms with Crippen LogP contribution in [0.3, 0.4) is 0 Å². The molecular formula is C19H25N4O+. The number of ether oxygens (including phenoxy) is 1. The topological polar surface area (TPSA) is 73.6 Å². The normalized spacial score (nSPS) is 21.5. The molecule has 1 atom stereocenters. The Labute approximate surface area is 143 Å². The Balaban J connectivity index is 1.65. The SMILES string of the molecule is Cc1cc(C#CC2CC2)ccc1/C(C=[NH+]CC1COCCN1)=N/N. The van der Waals surface area contributed by atoms with E-state index in [-0.39, 0.29) is 0 Å². The van der Waals surface area contributed by atoms with Crippen LogP contribution < -0.4 is 16.2 Å². The second-order valence-electron chi connectivity index (χ2n) is 6.37. The molecule has 0 spiro atoms. The third-order valence-electron chi connectivity index (χ3n) is 4.24. The van der Waals surface area contributed by atoms with Gasteiger partial charge in [0.2, 0.25) is 0 Å². The molecule has 1 saturated carbocycles. The zero-order chi connectivity index (χ0) is 16.8. The summed E-state index contributed by atoms with van der Waals surface area (Å²) in [5, 5.41) is 7.33. The first-order valence-electron chi connectivity index (χ1n) is 8.54. The van der Waals surface area contributed by atoms with Gasteiger partial charge in [-0.1, -0.05) is 17.9 Å². The second-order valence-corrected chi connectivity index (χ2v) is 6.37. The van der Waals surface area contributed by atoms with E-state index in [1.165, 1.54) is 12.8 Å². The summed E-state index contributed by atoms with van der Waals surface area (Å²) in [7, 11) is 0. The van der Waals surface area contributed by atoms with Gasteiger partial charge in [-0.3, -0.25) is 0 Å². The van der Waals surface area contributed by atoms with E-state index in [0.717, 1.165) is 48.7 Å². The number of hydrogen-bond donors (Lipinski definition) is 3. The summed E-state index contributed by atoms with van der Waals surface area (Å²) in [5.41, 5.74) is 3.94. The summed E-state index contributed by atoms with van der Waals surface area (Å²) in [5.74, 6) is 12.7. The maximum atomic E-state index is 5.59. The highest BCUT2D eigenvalue weighted by atomic mass is 16.5. The summed E-state index contributed by atoms with van der Waals surface area (Å²) >= 11 is 0. The van der Waals surface area contributed by atoms with Gasteiger partial charge in [0.25, 0.3) is 0 Å². The third-order valence-corrected chi connectivity index (χ3v) is 4.24. The van der Waals surface area contributed by atoms with Crippen LogP contribution in [0.1, 0.15) is 29.5 Å². The lowest BCUT2D eigenvalue weighted by Gasteiger charge is -2.19. The Kier molecular flexibility index (Phi) is 5.63. The van der Waals surface area contributed by atoms with Crippen LogP contribution in [0.2, 0.25) is 0 Å². The first-order valence-corrected chi connectivity index (χ1v) is 8.54. The molecule has 1 unspecified atom stereocenters. The summed E-state index contributed by atoms with van der Waals surface area (Å²) in [6, 6.07) is 6.49. The van der Waals surface area contributed by atoms with Gasteiger partial charge in [0, 0.05) is 23.6 Å². The highest BCUT2D eigenvalue weighted by Gasteiger charge is 2.18. The quantitative estimate of drug-likeness (QED) is 0.304. The predicted octanol–water partition coefficient (Wildman–Crippen LogP) is -0.441. The number of nitrogens with two attached hydrogens (primary N) is 1. The van der Waals surface area contributed by atoms with E-state index < -0.39 is 0 Å². The number of morpholine rings is 1. The van der Waals surface area contributed by atoms with Crippen LogP contribution in [0.5, 0.6) is 0 Å². The molecule has 1 saturated heterocycles. The predicted molar refractivity (Wildman–Crippen MR) is 96.0 cm³/mol. The highest BCUT2D eigenvalue weighted by molar-refractivity contribution is 6.36. The van der Waals surface area contributed by atoms with Crippen molar-refractivity contribution in [2.75, 3.05) is 26.3 Å². The van der Waals surface area contributed by atoms with Gasteiger partial charge < -0.3 is 15.9 Å². The number of hydrogen-bond acceptors (Lipinski definition) is 4. The Bertz CT molecular complexity index is 689. The summed E-state index contributed by atoms with van der Waals surface area (Å²) in [6.07, 6.45) is 4.36. The van der Waals surface area contributed by atoms with Gasteiger partial charge in [-0.25, -0.2) is 4.99 Å². The molecule has 1 aliphatic carbocycles. The van der Waals surface area contributed by atoms with E-state index in [1.807, 2.05) is 18.3 Å². The van der Waals surface area contributed by atoms with E-state index in [1.54, 1.807) is 0 Å². The van der Waals surface area contributed by atoms with Crippen molar-refractivity contribution in [2.45, 2.75) is 25.8 Å². The number of nitrogens with zero attached hydrogens (tertiary/aromatic N) is 1. The molecule has 1 heterocycles. The van der Waals surface area contributed by atoms with Crippen molar-refractivity contribution in [3.63, 3.8) is 0 Å². The second kappa shape index (κ2) is 8.09. The fourth-order valence-corrected chi connectivity index (χ4v) is 2.68. The van der Waals surface area contributed by atoms with E-state index >= 15 is 0 Å². The molecule has 0 radical (unpaired) electrons. The van der Waals surface area contributed by atoms with Crippen LogP contribution in [0.4, 0.5) is 0 Å². The van der Waals surface area contributed by atoms with Crippen molar-refractivity contribution < 1.29 is 9.73 Å². The van der Waals surface area contributed by atoms with Crippen molar-refractivity contribution in [3.8, 4) is 11.8 Å². The van der Waals surface area contributed by atoms with Crippen LogP contribution in [0.25, 0.3) is 0 Å². The molecule has 126 valence electrons. The maximum absolute atomic E-state index is 5.59. The third kappa shape index (κ3) is 4.67. The van der Waals surface area contributed by atoms with Crippen LogP contribution >= 0.6 is 0 Å². The molecule has 1 aromatic rings. The number of rotatable bonds is 4. The van der Waals surface area contributed by atoms with Crippen molar-refractivity contribution in [1.82, 2.24) is 5.32 Å². The van der Waals surface area contributed by atoms with Crippen molar-refractivity contribution in [1.29, 1.82) is 0 Å². The lowest BCUT2D eigenvalue weighted by atomic mass is 10.0. The maximum Gasteiger partial charge on any atom is 0.190 e. The molecule has 1 aromatic carbocycles. The standard InChI is InChI=1S/C19H24N4O/c1-14-10-16(5-4-15-2-3-15)6-7-18(14)19(23-20)12-21-11-17-13-24-9-8-22-17/h6-7,10,12,15,17,22H,2-3,8-9,11,13,20H2,1H3/p+1/b21-12?,23-19+. The zero-order valence-corrected chi connectivity index (χ0v) is 14.1. The molecule has 5 nitrogen and oxygen atoms in total. The van der Waals surface area contributed by atoms with Crippen LogP contribution in [0.15, 0.2) is 23.3 Å². The number of hydrazone groups is 1. The van der Waals surface area contributed by atoms with Crippen LogP contribution in [0, 0.1) is 24.7 Å². The minimum absolute atomic E-state index is 0.315. The molecular weight excluding hydrogens is 300 g/mol. The van der Waals surface area contributed by atoms with Gasteiger partial charge in [-0.2, -0.15) is 5.10 Å². The van der Waals surface area contributed by atoms with E-state index in [2.05, 4.69) is 40.2 Å². The van der Waals surface area contributed by atoms with Gasteiger partial charge in [0.1, 0.15) is 0 Å². The average molecular weight is 325 g/mol. The molecule has 24 heavy (non-hydrogen) atoms. The van der Waals surface area contributed by atoms with E-state index in [9.17, 15) is 0 Å². The summed E-state index contributed by atoms with van der Waals surface area (Å²) in [4.78, 5) is 3.29. The Morgan fingerprint density at radius 3 is 3.04 bits per heavy atom.